The van der Waals surface area contributed by atoms with Gasteiger partial charge in [-0.2, -0.15) is 0 Å². The van der Waals surface area contributed by atoms with Crippen molar-refractivity contribution in [3.8, 4) is 0 Å². The fourth-order valence-electron chi connectivity index (χ4n) is 2.35. The maximum absolute atomic E-state index is 5.77. The molecule has 1 aromatic heterocycles. The van der Waals surface area contributed by atoms with Gasteiger partial charge in [-0.05, 0) is 18.5 Å². The van der Waals surface area contributed by atoms with Crippen LogP contribution in [0.3, 0.4) is 0 Å². The number of aromatic nitrogens is 1. The van der Waals surface area contributed by atoms with Gasteiger partial charge in [-0.1, -0.05) is 37.3 Å². The van der Waals surface area contributed by atoms with Gasteiger partial charge in [-0.3, -0.25) is 4.98 Å². The van der Waals surface area contributed by atoms with E-state index >= 15 is 0 Å². The highest BCUT2D eigenvalue weighted by atomic mass is 32.1. The molecule has 0 spiro atoms. The maximum atomic E-state index is 5.77. The Kier molecular flexibility index (Phi) is 6.18. The number of nitrogens with one attached hydrogen (secondary N) is 1. The molecule has 0 saturated heterocycles. The zero-order valence-corrected chi connectivity index (χ0v) is 12.9. The maximum Gasteiger partial charge on any atom is 0.0977 e. The first-order valence-electron chi connectivity index (χ1n) is 7.03. The van der Waals surface area contributed by atoms with Crippen molar-refractivity contribution in [2.24, 2.45) is 0 Å². The summed E-state index contributed by atoms with van der Waals surface area (Å²) in [6.45, 7) is 3.18. The number of benzene rings is 1. The van der Waals surface area contributed by atoms with Crippen molar-refractivity contribution < 1.29 is 4.74 Å². The van der Waals surface area contributed by atoms with Gasteiger partial charge in [0, 0.05) is 30.6 Å². The van der Waals surface area contributed by atoms with Gasteiger partial charge in [-0.25, -0.2) is 0 Å². The number of rotatable bonds is 8. The lowest BCUT2D eigenvalue weighted by atomic mass is 9.99. The SMILES string of the molecule is CCCNC(Cc1cncs1)C(OC)c1ccccc1. The summed E-state index contributed by atoms with van der Waals surface area (Å²) in [5, 5.41) is 3.61. The predicted molar refractivity (Wildman–Crippen MR) is 84.1 cm³/mol. The third-order valence-corrected chi connectivity index (χ3v) is 4.11. The number of hydrogen-bond acceptors (Lipinski definition) is 4. The molecule has 108 valence electrons. The van der Waals surface area contributed by atoms with E-state index in [0.717, 1.165) is 19.4 Å². The molecule has 0 aliphatic rings. The Morgan fingerprint density at radius 1 is 1.30 bits per heavy atom. The normalized spacial score (nSPS) is 14.1. The van der Waals surface area contributed by atoms with Crippen molar-refractivity contribution in [1.82, 2.24) is 10.3 Å². The summed E-state index contributed by atoms with van der Waals surface area (Å²) in [4.78, 5) is 5.45. The fourth-order valence-corrected chi connectivity index (χ4v) is 3.01. The molecule has 1 N–H and O–H groups in total. The Morgan fingerprint density at radius 3 is 2.70 bits per heavy atom. The first-order chi connectivity index (χ1) is 9.85. The largest absolute Gasteiger partial charge is 0.375 e. The first kappa shape index (κ1) is 15.2. The van der Waals surface area contributed by atoms with Gasteiger partial charge in [0.1, 0.15) is 0 Å². The third kappa shape index (κ3) is 4.13. The first-order valence-corrected chi connectivity index (χ1v) is 7.91. The van der Waals surface area contributed by atoms with Crippen LogP contribution in [0, 0.1) is 0 Å². The van der Waals surface area contributed by atoms with E-state index in [1.807, 2.05) is 17.8 Å². The zero-order chi connectivity index (χ0) is 14.2. The lowest BCUT2D eigenvalue weighted by Gasteiger charge is -2.27. The molecule has 2 atom stereocenters. The molecular weight excluding hydrogens is 268 g/mol. The fraction of sp³-hybridized carbons (Fsp3) is 0.438. The molecular formula is C16H22N2OS. The van der Waals surface area contributed by atoms with E-state index in [1.165, 1.54) is 10.4 Å². The summed E-state index contributed by atoms with van der Waals surface area (Å²) in [7, 11) is 1.78. The lowest BCUT2D eigenvalue weighted by Crippen LogP contribution is -2.38. The van der Waals surface area contributed by atoms with Crippen molar-refractivity contribution in [2.75, 3.05) is 13.7 Å². The lowest BCUT2D eigenvalue weighted by molar-refractivity contribution is 0.0681. The van der Waals surface area contributed by atoms with Crippen LogP contribution in [0.15, 0.2) is 42.0 Å². The standard InChI is InChI=1S/C16H22N2OS/c1-3-9-18-15(10-14-11-17-12-20-14)16(19-2)13-7-5-4-6-8-13/h4-8,11-12,15-16,18H,3,9-10H2,1-2H3. The molecule has 20 heavy (non-hydrogen) atoms. The number of hydrogen-bond donors (Lipinski definition) is 1. The molecule has 0 saturated carbocycles. The Morgan fingerprint density at radius 2 is 2.10 bits per heavy atom. The number of thiazole rings is 1. The van der Waals surface area contributed by atoms with E-state index in [1.54, 1.807) is 18.4 Å². The highest BCUT2D eigenvalue weighted by molar-refractivity contribution is 7.09. The van der Waals surface area contributed by atoms with Gasteiger partial charge in [0.05, 0.1) is 11.6 Å². The van der Waals surface area contributed by atoms with Crippen molar-refractivity contribution in [1.29, 1.82) is 0 Å². The van der Waals surface area contributed by atoms with E-state index < -0.39 is 0 Å². The molecule has 0 aliphatic heterocycles. The number of nitrogens with zero attached hydrogens (tertiary/aromatic N) is 1. The van der Waals surface area contributed by atoms with Gasteiger partial charge in [0.15, 0.2) is 0 Å². The van der Waals surface area contributed by atoms with Crippen LogP contribution in [-0.4, -0.2) is 24.7 Å². The predicted octanol–water partition coefficient (Wildman–Crippen LogP) is 3.44. The zero-order valence-electron chi connectivity index (χ0n) is 12.1. The third-order valence-electron chi connectivity index (χ3n) is 3.31. The minimum absolute atomic E-state index is 0.0600. The molecule has 0 fully saturated rings. The molecule has 2 rings (SSSR count). The molecule has 3 nitrogen and oxygen atoms in total. The summed E-state index contributed by atoms with van der Waals surface area (Å²) < 4.78 is 5.77. The average Bonchev–Trinajstić information content (AvgIpc) is 2.99. The van der Waals surface area contributed by atoms with E-state index in [-0.39, 0.29) is 12.1 Å². The van der Waals surface area contributed by atoms with Crippen LogP contribution in [0.5, 0.6) is 0 Å². The van der Waals surface area contributed by atoms with Crippen LogP contribution in [0.1, 0.15) is 29.9 Å². The minimum Gasteiger partial charge on any atom is -0.375 e. The summed E-state index contributed by atoms with van der Waals surface area (Å²) in [6, 6.07) is 10.7. The van der Waals surface area contributed by atoms with Crippen molar-refractivity contribution in [3.05, 3.63) is 52.5 Å². The van der Waals surface area contributed by atoms with Crippen molar-refractivity contribution in [3.63, 3.8) is 0 Å². The van der Waals surface area contributed by atoms with Crippen LogP contribution in [0.25, 0.3) is 0 Å². The van der Waals surface area contributed by atoms with Crippen LogP contribution < -0.4 is 5.32 Å². The second-order valence-corrected chi connectivity index (χ2v) is 5.77. The molecule has 1 heterocycles. The van der Waals surface area contributed by atoms with Crippen LogP contribution in [0.2, 0.25) is 0 Å². The summed E-state index contributed by atoms with van der Waals surface area (Å²) in [5.41, 5.74) is 3.10. The molecule has 4 heteroatoms. The molecule has 2 unspecified atom stereocenters. The van der Waals surface area contributed by atoms with E-state index in [9.17, 15) is 0 Å². The van der Waals surface area contributed by atoms with Crippen molar-refractivity contribution in [2.45, 2.75) is 31.9 Å². The summed E-state index contributed by atoms with van der Waals surface area (Å²) in [6.07, 6.45) is 4.07. The Labute approximate surface area is 125 Å². The van der Waals surface area contributed by atoms with E-state index in [2.05, 4.69) is 41.5 Å². The molecule has 2 aromatic rings. The molecule has 0 bridgehead atoms. The smallest absolute Gasteiger partial charge is 0.0977 e. The van der Waals surface area contributed by atoms with E-state index in [4.69, 9.17) is 4.74 Å². The van der Waals surface area contributed by atoms with Gasteiger partial charge >= 0.3 is 0 Å². The quantitative estimate of drug-likeness (QED) is 0.808. The van der Waals surface area contributed by atoms with Crippen molar-refractivity contribution >= 4 is 11.3 Å². The highest BCUT2D eigenvalue weighted by Gasteiger charge is 2.23. The topological polar surface area (TPSA) is 34.2 Å². The van der Waals surface area contributed by atoms with Gasteiger partial charge in [0.25, 0.3) is 0 Å². The summed E-state index contributed by atoms with van der Waals surface area (Å²) >= 11 is 1.70. The van der Waals surface area contributed by atoms with Crippen LogP contribution in [-0.2, 0) is 11.2 Å². The van der Waals surface area contributed by atoms with Gasteiger partial charge in [-0.15, -0.1) is 11.3 Å². The molecule has 0 aliphatic carbocycles. The van der Waals surface area contributed by atoms with Crippen LogP contribution in [0.4, 0.5) is 0 Å². The molecule has 1 aromatic carbocycles. The Bertz CT molecular complexity index is 472. The minimum atomic E-state index is 0.0600. The Balaban J connectivity index is 2.14. The monoisotopic (exact) mass is 290 g/mol. The average molecular weight is 290 g/mol. The molecule has 0 radical (unpaired) electrons. The molecule has 0 amide bonds. The second kappa shape index (κ2) is 8.15. The highest BCUT2D eigenvalue weighted by Crippen LogP contribution is 2.24. The van der Waals surface area contributed by atoms with Crippen LogP contribution >= 0.6 is 11.3 Å². The Hall–Kier alpha value is -1.23. The number of methoxy groups -OCH3 is 1. The number of ether oxygens (including phenoxy) is 1. The van der Waals surface area contributed by atoms with Gasteiger partial charge < -0.3 is 10.1 Å². The van der Waals surface area contributed by atoms with E-state index in [0.29, 0.717) is 0 Å². The summed E-state index contributed by atoms with van der Waals surface area (Å²) in [5.74, 6) is 0. The second-order valence-electron chi connectivity index (χ2n) is 4.80. The van der Waals surface area contributed by atoms with Gasteiger partial charge in [0.2, 0.25) is 0 Å².